The first kappa shape index (κ1) is 24.4. The second-order valence-corrected chi connectivity index (χ2v) is 9.53. The Morgan fingerprint density at radius 1 is 1.14 bits per heavy atom. The monoisotopic (exact) mass is 392 g/mol. The van der Waals surface area contributed by atoms with Crippen LogP contribution in [-0.2, 0) is 16.1 Å². The minimum absolute atomic E-state index is 0.0478. The van der Waals surface area contributed by atoms with Crippen molar-refractivity contribution in [2.75, 3.05) is 6.61 Å². The number of nitrogens with one attached hydrogen (secondary N) is 1. The number of nitrogens with two attached hydrogens (primary N) is 1. The lowest BCUT2D eigenvalue weighted by Gasteiger charge is -2.34. The molecule has 5 nitrogen and oxygen atoms in total. The summed E-state index contributed by atoms with van der Waals surface area (Å²) in [7, 11) is 0. The summed E-state index contributed by atoms with van der Waals surface area (Å²) in [4.78, 5) is 12.9. The van der Waals surface area contributed by atoms with Gasteiger partial charge in [0, 0.05) is 24.6 Å². The molecule has 5 heteroatoms. The molecule has 1 rings (SSSR count). The molecule has 1 aromatic rings. The van der Waals surface area contributed by atoms with Crippen LogP contribution in [0, 0.1) is 25.2 Å². The van der Waals surface area contributed by atoms with Crippen LogP contribution in [0.3, 0.4) is 0 Å². The predicted molar refractivity (Wildman–Crippen MR) is 115 cm³/mol. The molecule has 1 amide bonds. The van der Waals surface area contributed by atoms with Crippen LogP contribution in [0.5, 0.6) is 5.75 Å². The second kappa shape index (κ2) is 9.75. The summed E-state index contributed by atoms with van der Waals surface area (Å²) in [6.07, 6.45) is 0.350. The topological polar surface area (TPSA) is 73.6 Å². The van der Waals surface area contributed by atoms with Crippen molar-refractivity contribution in [3.8, 4) is 5.75 Å². The Morgan fingerprint density at radius 3 is 2.11 bits per heavy atom. The van der Waals surface area contributed by atoms with E-state index >= 15 is 0 Å². The van der Waals surface area contributed by atoms with Crippen molar-refractivity contribution in [1.29, 1.82) is 0 Å². The fraction of sp³-hybridized carbons (Fsp3) is 0.696. The van der Waals surface area contributed by atoms with E-state index in [-0.39, 0.29) is 23.5 Å². The van der Waals surface area contributed by atoms with Gasteiger partial charge in [0.15, 0.2) is 6.29 Å². The molecule has 3 N–H and O–H groups in total. The van der Waals surface area contributed by atoms with Crippen molar-refractivity contribution in [3.63, 3.8) is 0 Å². The fourth-order valence-electron chi connectivity index (χ4n) is 3.39. The van der Waals surface area contributed by atoms with E-state index in [9.17, 15) is 4.79 Å². The van der Waals surface area contributed by atoms with E-state index < -0.39 is 5.54 Å². The number of ether oxygens (including phenoxy) is 2. The van der Waals surface area contributed by atoms with Gasteiger partial charge < -0.3 is 20.5 Å². The molecule has 0 bridgehead atoms. The molecule has 1 aromatic carbocycles. The first-order valence-corrected chi connectivity index (χ1v) is 10.2. The highest BCUT2D eigenvalue weighted by Gasteiger charge is 2.34. The number of benzene rings is 1. The number of amides is 1. The quantitative estimate of drug-likeness (QED) is 0.608. The van der Waals surface area contributed by atoms with Gasteiger partial charge >= 0.3 is 0 Å². The third-order valence-corrected chi connectivity index (χ3v) is 4.76. The fourth-order valence-corrected chi connectivity index (χ4v) is 3.39. The molecule has 0 spiro atoms. The summed E-state index contributed by atoms with van der Waals surface area (Å²) in [5, 5.41) is 3.10. The summed E-state index contributed by atoms with van der Waals surface area (Å²) in [6, 6.07) is 4.11. The van der Waals surface area contributed by atoms with E-state index in [1.54, 1.807) is 0 Å². The standard InChI is InChI=1S/C23H40N2O3/c1-10-27-17(4)28-20-15(2)11-18(12-16(20)3)14-25-21(26)19(22(5,6)7)13-23(8,9)24/h11-12,17,19H,10,13-14,24H2,1-9H3,(H,25,26). The van der Waals surface area contributed by atoms with E-state index in [1.807, 2.05) is 41.5 Å². The first-order chi connectivity index (χ1) is 12.7. The highest BCUT2D eigenvalue weighted by atomic mass is 16.7. The highest BCUT2D eigenvalue weighted by molar-refractivity contribution is 5.79. The van der Waals surface area contributed by atoms with E-state index in [4.69, 9.17) is 15.2 Å². The summed E-state index contributed by atoms with van der Waals surface area (Å²) < 4.78 is 11.4. The van der Waals surface area contributed by atoms with Crippen molar-refractivity contribution in [3.05, 3.63) is 28.8 Å². The number of hydrogen-bond acceptors (Lipinski definition) is 4. The zero-order chi connectivity index (χ0) is 21.7. The Bertz CT molecular complexity index is 634. The number of aryl methyl sites for hydroxylation is 2. The van der Waals surface area contributed by atoms with Crippen LogP contribution in [0.1, 0.15) is 71.6 Å². The maximum atomic E-state index is 12.9. The van der Waals surface area contributed by atoms with Crippen molar-refractivity contribution < 1.29 is 14.3 Å². The van der Waals surface area contributed by atoms with Gasteiger partial charge in [-0.1, -0.05) is 32.9 Å². The van der Waals surface area contributed by atoms with Crippen LogP contribution in [0.15, 0.2) is 12.1 Å². The normalized spacial score (nSPS) is 14.5. The Morgan fingerprint density at radius 2 is 1.68 bits per heavy atom. The van der Waals surface area contributed by atoms with Gasteiger partial charge in [-0.05, 0) is 70.1 Å². The van der Waals surface area contributed by atoms with E-state index in [2.05, 4.69) is 38.2 Å². The number of hydrogen-bond donors (Lipinski definition) is 2. The van der Waals surface area contributed by atoms with Gasteiger partial charge in [-0.2, -0.15) is 0 Å². The SMILES string of the molecule is CCOC(C)Oc1c(C)cc(CNC(=O)C(CC(C)(C)N)C(C)(C)C)cc1C. The van der Waals surface area contributed by atoms with Crippen LogP contribution in [-0.4, -0.2) is 24.3 Å². The zero-order valence-electron chi connectivity index (χ0n) is 19.2. The lowest BCUT2D eigenvalue weighted by Crippen LogP contribution is -2.44. The van der Waals surface area contributed by atoms with Crippen molar-refractivity contribution in [2.24, 2.45) is 17.1 Å². The van der Waals surface area contributed by atoms with Crippen LogP contribution in [0.2, 0.25) is 0 Å². The van der Waals surface area contributed by atoms with Crippen LogP contribution >= 0.6 is 0 Å². The molecule has 0 aromatic heterocycles. The Hall–Kier alpha value is -1.59. The molecule has 0 radical (unpaired) electrons. The Labute approximate surface area is 171 Å². The number of rotatable bonds is 9. The van der Waals surface area contributed by atoms with Crippen LogP contribution in [0.25, 0.3) is 0 Å². The van der Waals surface area contributed by atoms with E-state index in [0.29, 0.717) is 19.6 Å². The van der Waals surface area contributed by atoms with Crippen molar-refractivity contribution in [1.82, 2.24) is 5.32 Å². The maximum absolute atomic E-state index is 12.9. The second-order valence-electron chi connectivity index (χ2n) is 9.53. The number of carbonyl (C=O) groups is 1. The Balaban J connectivity index is 2.87. The molecule has 160 valence electrons. The molecule has 0 saturated heterocycles. The smallest absolute Gasteiger partial charge is 0.223 e. The first-order valence-electron chi connectivity index (χ1n) is 10.2. The van der Waals surface area contributed by atoms with E-state index in [0.717, 1.165) is 22.4 Å². The largest absolute Gasteiger partial charge is 0.465 e. The summed E-state index contributed by atoms with van der Waals surface area (Å²) in [5.41, 5.74) is 8.77. The average Bonchev–Trinajstić information content (AvgIpc) is 2.52. The minimum atomic E-state index is -0.390. The molecule has 0 heterocycles. The van der Waals surface area contributed by atoms with Crippen LogP contribution in [0.4, 0.5) is 0 Å². The molecule has 2 atom stereocenters. The minimum Gasteiger partial charge on any atom is -0.465 e. The van der Waals surface area contributed by atoms with Gasteiger partial charge in [0.05, 0.1) is 0 Å². The molecule has 0 fully saturated rings. The van der Waals surface area contributed by atoms with Gasteiger partial charge in [-0.3, -0.25) is 4.79 Å². The van der Waals surface area contributed by atoms with E-state index in [1.165, 1.54) is 0 Å². The zero-order valence-corrected chi connectivity index (χ0v) is 19.2. The maximum Gasteiger partial charge on any atom is 0.223 e. The lowest BCUT2D eigenvalue weighted by atomic mass is 9.74. The highest BCUT2D eigenvalue weighted by Crippen LogP contribution is 2.32. The van der Waals surface area contributed by atoms with Crippen molar-refractivity contribution >= 4 is 5.91 Å². The molecule has 28 heavy (non-hydrogen) atoms. The van der Waals surface area contributed by atoms with Gasteiger partial charge in [0.25, 0.3) is 0 Å². The average molecular weight is 393 g/mol. The molecular formula is C23H40N2O3. The molecule has 2 unspecified atom stereocenters. The molecule has 0 aliphatic rings. The van der Waals surface area contributed by atoms with Crippen molar-refractivity contribution in [2.45, 2.75) is 87.1 Å². The molecular weight excluding hydrogens is 352 g/mol. The molecule has 0 aliphatic carbocycles. The third kappa shape index (κ3) is 7.80. The summed E-state index contributed by atoms with van der Waals surface area (Å²) in [6.45, 7) is 19.2. The summed E-state index contributed by atoms with van der Waals surface area (Å²) >= 11 is 0. The van der Waals surface area contributed by atoms with Gasteiger partial charge in [0.1, 0.15) is 5.75 Å². The predicted octanol–water partition coefficient (Wildman–Crippen LogP) is 4.47. The molecule has 0 aliphatic heterocycles. The summed E-state index contributed by atoms with van der Waals surface area (Å²) in [5.74, 6) is 0.740. The lowest BCUT2D eigenvalue weighted by molar-refractivity contribution is -0.129. The third-order valence-electron chi connectivity index (χ3n) is 4.76. The van der Waals surface area contributed by atoms with Crippen LogP contribution < -0.4 is 15.8 Å². The molecule has 0 saturated carbocycles. The van der Waals surface area contributed by atoms with Gasteiger partial charge in [-0.25, -0.2) is 0 Å². The number of carbonyl (C=O) groups excluding carboxylic acids is 1. The van der Waals surface area contributed by atoms with Gasteiger partial charge in [-0.15, -0.1) is 0 Å². The van der Waals surface area contributed by atoms with Gasteiger partial charge in [0.2, 0.25) is 5.91 Å². The Kier molecular flexibility index (Phi) is 8.51.